The number of amides is 2. The van der Waals surface area contributed by atoms with Gasteiger partial charge in [0, 0.05) is 38.2 Å². The predicted molar refractivity (Wildman–Crippen MR) is 112 cm³/mol. The average Bonchev–Trinajstić information content (AvgIpc) is 3.27. The third-order valence-corrected chi connectivity index (χ3v) is 5.32. The first kappa shape index (κ1) is 22.9. The van der Waals surface area contributed by atoms with Gasteiger partial charge in [0.05, 0.1) is 6.42 Å². The average molecular weight is 373 g/mol. The standard InChI is InChI=1S/C10H11NO.C9H13NO.2C2H6/c1-11-7-9-5-3-2-4-8(9)6-10(11)12;1-6-7-4-3-5-8(7)9(11)10(6)2;2*1-2/h2-5H,6-7H2,1H3;7-8H,1,3-5H2,2H3;2*1-2H3. The molecule has 3 aliphatic rings. The number of hydrogen-bond acceptors (Lipinski definition) is 2. The third-order valence-electron chi connectivity index (χ3n) is 5.32. The number of nitrogens with zero attached hydrogens (tertiary/aromatic N) is 2. The highest BCUT2D eigenvalue weighted by Gasteiger charge is 2.44. The summed E-state index contributed by atoms with van der Waals surface area (Å²) in [5.41, 5.74) is 3.50. The van der Waals surface area contributed by atoms with Gasteiger partial charge in [-0.05, 0) is 24.0 Å². The quantitative estimate of drug-likeness (QED) is 0.665. The molecular formula is C23H36N2O2. The minimum absolute atomic E-state index is 0.216. The van der Waals surface area contributed by atoms with Crippen LogP contribution in [0.25, 0.3) is 0 Å². The first-order chi connectivity index (χ1) is 13.0. The monoisotopic (exact) mass is 372 g/mol. The second kappa shape index (κ2) is 10.9. The van der Waals surface area contributed by atoms with Crippen LogP contribution in [-0.2, 0) is 22.6 Å². The molecule has 0 N–H and O–H groups in total. The van der Waals surface area contributed by atoms with Crippen LogP contribution in [0.5, 0.6) is 0 Å². The van der Waals surface area contributed by atoms with Crippen molar-refractivity contribution in [3.8, 4) is 0 Å². The molecule has 4 heteroatoms. The molecule has 4 rings (SSSR count). The molecule has 2 aliphatic heterocycles. The first-order valence-electron chi connectivity index (χ1n) is 10.3. The van der Waals surface area contributed by atoms with E-state index in [0.29, 0.717) is 12.3 Å². The smallest absolute Gasteiger partial charge is 0.230 e. The maximum Gasteiger partial charge on any atom is 0.230 e. The summed E-state index contributed by atoms with van der Waals surface area (Å²) in [6.45, 7) is 12.7. The third kappa shape index (κ3) is 5.21. The highest BCUT2D eigenvalue weighted by atomic mass is 16.2. The fourth-order valence-corrected chi connectivity index (χ4v) is 3.82. The van der Waals surface area contributed by atoms with Gasteiger partial charge in [0.15, 0.2) is 0 Å². The number of benzene rings is 1. The van der Waals surface area contributed by atoms with Crippen LogP contribution in [-0.4, -0.2) is 35.7 Å². The minimum Gasteiger partial charge on any atom is -0.341 e. The van der Waals surface area contributed by atoms with Crippen LogP contribution < -0.4 is 0 Å². The Bertz CT molecular complexity index is 632. The van der Waals surface area contributed by atoms with Crippen LogP contribution in [0, 0.1) is 11.8 Å². The van der Waals surface area contributed by atoms with Gasteiger partial charge >= 0.3 is 0 Å². The van der Waals surface area contributed by atoms with Gasteiger partial charge in [-0.3, -0.25) is 9.59 Å². The fraction of sp³-hybridized carbons (Fsp3) is 0.565. The molecule has 2 amide bonds. The number of rotatable bonds is 0. The Morgan fingerprint density at radius 3 is 2.07 bits per heavy atom. The molecular weight excluding hydrogens is 336 g/mol. The van der Waals surface area contributed by atoms with E-state index in [1.165, 1.54) is 24.0 Å². The zero-order valence-electron chi connectivity index (χ0n) is 17.9. The molecule has 2 atom stereocenters. The SMILES string of the molecule is C=C1C2CCCC2C(=O)N1C.CC.CC.CN1Cc2ccccc2CC1=O. The fourth-order valence-electron chi connectivity index (χ4n) is 3.82. The van der Waals surface area contributed by atoms with Gasteiger partial charge in [0.1, 0.15) is 0 Å². The van der Waals surface area contributed by atoms with Crippen LogP contribution in [0.4, 0.5) is 0 Å². The van der Waals surface area contributed by atoms with E-state index in [9.17, 15) is 9.59 Å². The van der Waals surface area contributed by atoms with Crippen LogP contribution in [0.15, 0.2) is 36.5 Å². The molecule has 27 heavy (non-hydrogen) atoms. The number of hydrogen-bond donors (Lipinski definition) is 0. The molecule has 0 radical (unpaired) electrons. The van der Waals surface area contributed by atoms with E-state index in [2.05, 4.69) is 12.6 Å². The van der Waals surface area contributed by atoms with Crippen LogP contribution in [0.3, 0.4) is 0 Å². The molecule has 0 aromatic heterocycles. The van der Waals surface area contributed by atoms with Crippen LogP contribution in [0.1, 0.15) is 58.1 Å². The molecule has 1 aromatic carbocycles. The summed E-state index contributed by atoms with van der Waals surface area (Å²) in [4.78, 5) is 26.2. The highest BCUT2D eigenvalue weighted by Crippen LogP contribution is 2.43. The normalized spacial score (nSPS) is 22.5. The predicted octanol–water partition coefficient (Wildman–Crippen LogP) is 4.64. The van der Waals surface area contributed by atoms with Crippen molar-refractivity contribution in [1.29, 1.82) is 0 Å². The minimum atomic E-state index is 0.216. The Hall–Kier alpha value is -2.10. The highest BCUT2D eigenvalue weighted by molar-refractivity contribution is 5.84. The van der Waals surface area contributed by atoms with E-state index < -0.39 is 0 Å². The molecule has 1 aromatic rings. The maximum absolute atomic E-state index is 11.5. The molecule has 150 valence electrons. The van der Waals surface area contributed by atoms with E-state index in [4.69, 9.17) is 0 Å². The van der Waals surface area contributed by atoms with E-state index in [1.54, 1.807) is 9.80 Å². The Balaban J connectivity index is 0.000000229. The zero-order valence-corrected chi connectivity index (χ0v) is 17.9. The summed E-state index contributed by atoms with van der Waals surface area (Å²) in [6, 6.07) is 8.11. The van der Waals surface area contributed by atoms with Gasteiger partial charge in [-0.2, -0.15) is 0 Å². The molecule has 4 nitrogen and oxygen atoms in total. The number of allylic oxidation sites excluding steroid dienone is 1. The molecule has 2 fully saturated rings. The van der Waals surface area contributed by atoms with Gasteiger partial charge in [-0.1, -0.05) is 65.0 Å². The largest absolute Gasteiger partial charge is 0.341 e. The second-order valence-corrected chi connectivity index (χ2v) is 6.73. The topological polar surface area (TPSA) is 40.6 Å². The lowest BCUT2D eigenvalue weighted by Gasteiger charge is -2.24. The molecule has 0 spiro atoms. The summed E-state index contributed by atoms with van der Waals surface area (Å²) in [6.07, 6.45) is 4.01. The van der Waals surface area contributed by atoms with E-state index in [0.717, 1.165) is 18.7 Å². The van der Waals surface area contributed by atoms with Crippen molar-refractivity contribution in [1.82, 2.24) is 9.80 Å². The second-order valence-electron chi connectivity index (χ2n) is 6.73. The van der Waals surface area contributed by atoms with E-state index >= 15 is 0 Å². The first-order valence-corrected chi connectivity index (χ1v) is 10.3. The molecule has 1 saturated heterocycles. The summed E-state index contributed by atoms with van der Waals surface area (Å²) < 4.78 is 0. The van der Waals surface area contributed by atoms with Crippen LogP contribution in [0.2, 0.25) is 0 Å². The van der Waals surface area contributed by atoms with Gasteiger partial charge in [-0.25, -0.2) is 0 Å². The van der Waals surface area contributed by atoms with E-state index in [1.807, 2.05) is 60.0 Å². The number of likely N-dealkylation sites (tertiary alicyclic amines) is 1. The summed E-state index contributed by atoms with van der Waals surface area (Å²) in [5.74, 6) is 1.27. The summed E-state index contributed by atoms with van der Waals surface area (Å²) >= 11 is 0. The van der Waals surface area contributed by atoms with Gasteiger partial charge in [-0.15, -0.1) is 0 Å². The Morgan fingerprint density at radius 2 is 1.48 bits per heavy atom. The van der Waals surface area contributed by atoms with Crippen molar-refractivity contribution < 1.29 is 9.59 Å². The summed E-state index contributed by atoms with van der Waals surface area (Å²) in [5, 5.41) is 0. The number of likely N-dealkylation sites (N-methyl/N-ethyl adjacent to an activating group) is 1. The van der Waals surface area contributed by atoms with Crippen molar-refractivity contribution >= 4 is 11.8 Å². The zero-order chi connectivity index (χ0) is 20.6. The van der Waals surface area contributed by atoms with Gasteiger partial charge in [0.2, 0.25) is 11.8 Å². The van der Waals surface area contributed by atoms with E-state index in [-0.39, 0.29) is 17.7 Å². The van der Waals surface area contributed by atoms with Gasteiger partial charge in [0.25, 0.3) is 0 Å². The van der Waals surface area contributed by atoms with Crippen molar-refractivity contribution in [2.75, 3.05) is 14.1 Å². The van der Waals surface area contributed by atoms with Gasteiger partial charge < -0.3 is 9.80 Å². The lowest BCUT2D eigenvalue weighted by molar-refractivity contribution is -0.130. The molecule has 1 saturated carbocycles. The Kier molecular flexibility index (Phi) is 9.27. The lowest BCUT2D eigenvalue weighted by Crippen LogP contribution is -2.32. The van der Waals surface area contributed by atoms with Crippen LogP contribution >= 0.6 is 0 Å². The Labute approximate surface area is 165 Å². The summed E-state index contributed by atoms with van der Waals surface area (Å²) in [7, 11) is 3.68. The Morgan fingerprint density at radius 1 is 0.926 bits per heavy atom. The molecule has 2 unspecified atom stereocenters. The molecule has 2 heterocycles. The number of carbonyl (C=O) groups is 2. The van der Waals surface area contributed by atoms with Crippen molar-refractivity contribution in [3.63, 3.8) is 0 Å². The van der Waals surface area contributed by atoms with Crippen molar-refractivity contribution in [2.24, 2.45) is 11.8 Å². The maximum atomic E-state index is 11.5. The number of fused-ring (bicyclic) bond motifs is 2. The number of carbonyl (C=O) groups excluding carboxylic acids is 2. The van der Waals surface area contributed by atoms with Crippen molar-refractivity contribution in [2.45, 2.75) is 59.9 Å². The molecule has 0 bridgehead atoms. The lowest BCUT2D eigenvalue weighted by atomic mass is 9.98. The molecule has 1 aliphatic carbocycles. The van der Waals surface area contributed by atoms with Crippen molar-refractivity contribution in [3.05, 3.63) is 47.7 Å².